The number of aliphatic carboxylic acids is 1. The molecule has 0 spiro atoms. The molecule has 0 heterocycles. The van der Waals surface area contributed by atoms with Crippen molar-refractivity contribution in [2.75, 3.05) is 5.32 Å². The monoisotopic (exact) mass is 238 g/mol. The molecule has 0 amide bonds. The number of rotatable bonds is 3. The summed E-state index contributed by atoms with van der Waals surface area (Å²) in [6, 6.07) is 3.34. The Morgan fingerprint density at radius 1 is 1.41 bits per heavy atom. The molecule has 1 aromatic rings. The number of nitrogens with zero attached hydrogens (tertiary/aromatic N) is 1. The van der Waals surface area contributed by atoms with Gasteiger partial charge in [-0.15, -0.1) is 0 Å². The second-order valence-corrected chi connectivity index (χ2v) is 3.94. The van der Waals surface area contributed by atoms with Gasteiger partial charge >= 0.3 is 5.97 Å². The van der Waals surface area contributed by atoms with Gasteiger partial charge in [0.2, 0.25) is 0 Å². The molecule has 0 radical (unpaired) electrons. The molecule has 2 rings (SSSR count). The summed E-state index contributed by atoms with van der Waals surface area (Å²) in [5.74, 6) is -3.07. The van der Waals surface area contributed by atoms with Crippen LogP contribution in [0.1, 0.15) is 18.4 Å². The average Bonchev–Trinajstić information content (AvgIpc) is 3.04. The third kappa shape index (κ3) is 1.91. The van der Waals surface area contributed by atoms with Crippen molar-refractivity contribution >= 4 is 11.7 Å². The third-order valence-corrected chi connectivity index (χ3v) is 2.69. The minimum Gasteiger partial charge on any atom is -0.480 e. The van der Waals surface area contributed by atoms with Gasteiger partial charge in [-0.2, -0.15) is 5.26 Å². The Morgan fingerprint density at radius 3 is 2.29 bits per heavy atom. The Morgan fingerprint density at radius 2 is 1.94 bits per heavy atom. The van der Waals surface area contributed by atoms with Crippen molar-refractivity contribution < 1.29 is 18.7 Å². The maximum atomic E-state index is 13.5. The van der Waals surface area contributed by atoms with E-state index in [4.69, 9.17) is 10.4 Å². The first kappa shape index (κ1) is 11.3. The van der Waals surface area contributed by atoms with Crippen LogP contribution in [0.5, 0.6) is 0 Å². The van der Waals surface area contributed by atoms with Crippen molar-refractivity contribution in [3.8, 4) is 6.07 Å². The highest BCUT2D eigenvalue weighted by atomic mass is 19.1. The van der Waals surface area contributed by atoms with Crippen LogP contribution in [0.25, 0.3) is 0 Å². The summed E-state index contributed by atoms with van der Waals surface area (Å²) in [5, 5.41) is 19.8. The highest BCUT2D eigenvalue weighted by molar-refractivity contribution is 5.86. The van der Waals surface area contributed by atoms with Crippen molar-refractivity contribution in [3.05, 3.63) is 29.3 Å². The van der Waals surface area contributed by atoms with Crippen molar-refractivity contribution in [3.63, 3.8) is 0 Å². The summed E-state index contributed by atoms with van der Waals surface area (Å²) < 4.78 is 26.9. The molecule has 0 unspecified atom stereocenters. The second-order valence-electron chi connectivity index (χ2n) is 3.94. The normalized spacial score (nSPS) is 16.1. The molecule has 88 valence electrons. The van der Waals surface area contributed by atoms with E-state index in [9.17, 15) is 13.6 Å². The van der Waals surface area contributed by atoms with Crippen LogP contribution in [0.4, 0.5) is 14.5 Å². The molecule has 0 aliphatic heterocycles. The molecule has 1 aliphatic rings. The Labute approximate surface area is 95.5 Å². The minimum atomic E-state index is -1.27. The smallest absolute Gasteiger partial charge is 0.329 e. The molecule has 0 aromatic heterocycles. The number of nitrogens with one attached hydrogen (secondary N) is 1. The van der Waals surface area contributed by atoms with Gasteiger partial charge in [0.1, 0.15) is 11.2 Å². The maximum Gasteiger partial charge on any atom is 0.329 e. The van der Waals surface area contributed by atoms with E-state index in [1.165, 1.54) is 0 Å². The van der Waals surface area contributed by atoms with Gasteiger partial charge in [0.25, 0.3) is 0 Å². The van der Waals surface area contributed by atoms with Crippen molar-refractivity contribution in [1.29, 1.82) is 5.26 Å². The van der Waals surface area contributed by atoms with E-state index in [0.717, 1.165) is 12.1 Å². The average molecular weight is 238 g/mol. The molecule has 2 N–H and O–H groups in total. The van der Waals surface area contributed by atoms with Crippen LogP contribution in [0.15, 0.2) is 12.1 Å². The number of halogens is 2. The van der Waals surface area contributed by atoms with Crippen LogP contribution in [-0.2, 0) is 4.79 Å². The van der Waals surface area contributed by atoms with E-state index in [-0.39, 0.29) is 5.56 Å². The number of nitriles is 1. The molecule has 1 aromatic carbocycles. The lowest BCUT2D eigenvalue weighted by Gasteiger charge is -2.15. The summed E-state index contributed by atoms with van der Waals surface area (Å²) >= 11 is 0. The highest BCUT2D eigenvalue weighted by Gasteiger charge is 2.51. The fourth-order valence-electron chi connectivity index (χ4n) is 1.51. The molecule has 4 nitrogen and oxygen atoms in total. The topological polar surface area (TPSA) is 73.1 Å². The quantitative estimate of drug-likeness (QED) is 0.843. The Kier molecular flexibility index (Phi) is 2.46. The first-order valence-electron chi connectivity index (χ1n) is 4.89. The van der Waals surface area contributed by atoms with E-state index in [0.29, 0.717) is 12.8 Å². The molecule has 1 saturated carbocycles. The van der Waals surface area contributed by atoms with Gasteiger partial charge in [-0.25, -0.2) is 13.6 Å². The maximum absolute atomic E-state index is 13.5. The molecule has 0 saturated heterocycles. The second kappa shape index (κ2) is 3.70. The van der Waals surface area contributed by atoms with Crippen LogP contribution in [0.2, 0.25) is 0 Å². The molecule has 6 heteroatoms. The van der Waals surface area contributed by atoms with Gasteiger partial charge < -0.3 is 10.4 Å². The fraction of sp³-hybridized carbons (Fsp3) is 0.273. The predicted molar refractivity (Wildman–Crippen MR) is 54.3 cm³/mol. The van der Waals surface area contributed by atoms with Crippen molar-refractivity contribution in [2.45, 2.75) is 18.4 Å². The van der Waals surface area contributed by atoms with Crippen LogP contribution >= 0.6 is 0 Å². The zero-order valence-corrected chi connectivity index (χ0v) is 8.63. The summed E-state index contributed by atoms with van der Waals surface area (Å²) in [7, 11) is 0. The zero-order chi connectivity index (χ0) is 12.6. The number of carboxylic acids is 1. The number of hydrogen-bond donors (Lipinski definition) is 2. The Balaban J connectivity index is 2.35. The lowest BCUT2D eigenvalue weighted by atomic mass is 10.1. The van der Waals surface area contributed by atoms with Gasteiger partial charge in [-0.3, -0.25) is 0 Å². The van der Waals surface area contributed by atoms with Gasteiger partial charge in [0.15, 0.2) is 11.6 Å². The van der Waals surface area contributed by atoms with Crippen LogP contribution in [-0.4, -0.2) is 16.6 Å². The van der Waals surface area contributed by atoms with Gasteiger partial charge in [-0.05, 0) is 25.0 Å². The van der Waals surface area contributed by atoms with E-state index in [1.807, 2.05) is 0 Å². The summed E-state index contributed by atoms with van der Waals surface area (Å²) in [6.07, 6.45) is 0.641. The largest absolute Gasteiger partial charge is 0.480 e. The third-order valence-electron chi connectivity index (χ3n) is 2.69. The number of anilines is 1. The lowest BCUT2D eigenvalue weighted by molar-refractivity contribution is -0.138. The first-order valence-corrected chi connectivity index (χ1v) is 4.89. The number of carboxylic acid groups (broad SMARTS) is 1. The van der Waals surface area contributed by atoms with E-state index >= 15 is 0 Å². The van der Waals surface area contributed by atoms with Gasteiger partial charge in [0.05, 0.1) is 11.6 Å². The summed E-state index contributed by atoms with van der Waals surface area (Å²) in [6.45, 7) is 0. The highest BCUT2D eigenvalue weighted by Crippen LogP contribution is 2.40. The van der Waals surface area contributed by atoms with Gasteiger partial charge in [0, 0.05) is 0 Å². The van der Waals surface area contributed by atoms with Crippen LogP contribution < -0.4 is 5.32 Å². The summed E-state index contributed by atoms with van der Waals surface area (Å²) in [4.78, 5) is 10.9. The lowest BCUT2D eigenvalue weighted by Crippen LogP contribution is -2.32. The Bertz CT molecular complexity index is 510. The predicted octanol–water partition coefficient (Wildman–Crippen LogP) is 1.87. The number of benzene rings is 1. The molecule has 0 bridgehead atoms. The number of carbonyl (C=O) groups is 1. The van der Waals surface area contributed by atoms with Crippen LogP contribution in [0.3, 0.4) is 0 Å². The van der Waals surface area contributed by atoms with E-state index in [1.54, 1.807) is 6.07 Å². The number of hydrogen-bond acceptors (Lipinski definition) is 3. The molecular formula is C11H8F2N2O2. The summed E-state index contributed by atoms with van der Waals surface area (Å²) in [5.41, 5.74) is -1.91. The van der Waals surface area contributed by atoms with E-state index in [2.05, 4.69) is 5.32 Å². The van der Waals surface area contributed by atoms with Crippen molar-refractivity contribution in [2.24, 2.45) is 0 Å². The minimum absolute atomic E-state index is 0.147. The molecule has 1 fully saturated rings. The Hall–Kier alpha value is -2.16. The van der Waals surface area contributed by atoms with E-state index < -0.39 is 28.8 Å². The molecule has 1 aliphatic carbocycles. The molecule has 0 atom stereocenters. The molecule has 17 heavy (non-hydrogen) atoms. The zero-order valence-electron chi connectivity index (χ0n) is 8.63. The van der Waals surface area contributed by atoms with Gasteiger partial charge in [-0.1, -0.05) is 0 Å². The first-order chi connectivity index (χ1) is 7.98. The van der Waals surface area contributed by atoms with Crippen LogP contribution in [0, 0.1) is 23.0 Å². The van der Waals surface area contributed by atoms with Crippen molar-refractivity contribution in [1.82, 2.24) is 0 Å². The molecular weight excluding hydrogens is 230 g/mol. The standard InChI is InChI=1S/C11H8F2N2O2/c12-7-3-6(5-14)4-8(13)9(7)15-11(1-2-11)10(16)17/h3-4,15H,1-2H2,(H,16,17). The fourth-order valence-corrected chi connectivity index (χ4v) is 1.51. The SMILES string of the molecule is N#Cc1cc(F)c(NC2(C(=O)O)CC2)c(F)c1.